The van der Waals surface area contributed by atoms with Crippen molar-refractivity contribution in [2.45, 2.75) is 71.3 Å². The molecule has 0 spiro atoms. The molecule has 0 bridgehead atoms. The molecule has 0 saturated heterocycles. The van der Waals surface area contributed by atoms with Crippen LogP contribution in [0.25, 0.3) is 0 Å². The molecule has 0 aromatic rings. The summed E-state index contributed by atoms with van der Waals surface area (Å²) in [7, 11) is 0. The van der Waals surface area contributed by atoms with Crippen molar-refractivity contribution < 1.29 is 5.11 Å². The number of unbranched alkanes of at least 4 members (excludes halogenated alkanes) is 3. The van der Waals surface area contributed by atoms with Gasteiger partial charge in [-0.15, -0.1) is 0 Å². The second-order valence-corrected chi connectivity index (χ2v) is 4.78. The second kappa shape index (κ2) is 14.2. The van der Waals surface area contributed by atoms with Gasteiger partial charge in [0.05, 0.1) is 6.10 Å². The van der Waals surface area contributed by atoms with Crippen LogP contribution in [0.3, 0.4) is 0 Å². The molecule has 0 aliphatic heterocycles. The summed E-state index contributed by atoms with van der Waals surface area (Å²) in [5.74, 6) is 0. The number of aliphatic hydroxyl groups excluding tert-OH is 1. The SMILES string of the molecule is CC/C=C\C/C=C\C/C=C\CCCCCC(C)O. The van der Waals surface area contributed by atoms with Gasteiger partial charge in [0.2, 0.25) is 0 Å². The summed E-state index contributed by atoms with van der Waals surface area (Å²) in [5.41, 5.74) is 0. The first-order valence-electron chi connectivity index (χ1n) is 7.40. The molecule has 1 N–H and O–H groups in total. The molecule has 104 valence electrons. The second-order valence-electron chi connectivity index (χ2n) is 4.78. The lowest BCUT2D eigenvalue weighted by Gasteiger charge is -2.01. The third-order valence-corrected chi connectivity index (χ3v) is 2.77. The Hall–Kier alpha value is -0.820. The highest BCUT2D eigenvalue weighted by Crippen LogP contribution is 2.06. The van der Waals surface area contributed by atoms with E-state index < -0.39 is 0 Å². The molecular formula is C17H30O. The Morgan fingerprint density at radius 2 is 1.44 bits per heavy atom. The van der Waals surface area contributed by atoms with E-state index in [4.69, 9.17) is 5.11 Å². The summed E-state index contributed by atoms with van der Waals surface area (Å²) >= 11 is 0. The van der Waals surface area contributed by atoms with Crippen LogP contribution < -0.4 is 0 Å². The maximum Gasteiger partial charge on any atom is 0.0512 e. The van der Waals surface area contributed by atoms with Crippen LogP contribution in [0.2, 0.25) is 0 Å². The van der Waals surface area contributed by atoms with E-state index in [9.17, 15) is 0 Å². The minimum atomic E-state index is -0.132. The number of aliphatic hydroxyl groups is 1. The third-order valence-electron chi connectivity index (χ3n) is 2.77. The van der Waals surface area contributed by atoms with Gasteiger partial charge in [0.25, 0.3) is 0 Å². The number of hydrogen-bond donors (Lipinski definition) is 1. The van der Waals surface area contributed by atoms with Gasteiger partial charge in [-0.05, 0) is 45.4 Å². The van der Waals surface area contributed by atoms with Crippen molar-refractivity contribution in [1.29, 1.82) is 0 Å². The van der Waals surface area contributed by atoms with E-state index in [0.717, 1.165) is 32.1 Å². The molecule has 1 nitrogen and oxygen atoms in total. The first-order valence-corrected chi connectivity index (χ1v) is 7.40. The Bertz CT molecular complexity index is 236. The molecule has 0 heterocycles. The van der Waals surface area contributed by atoms with E-state index in [-0.39, 0.29) is 6.10 Å². The van der Waals surface area contributed by atoms with Crippen molar-refractivity contribution in [2.24, 2.45) is 0 Å². The van der Waals surface area contributed by atoms with Crippen molar-refractivity contribution in [2.75, 3.05) is 0 Å². The summed E-state index contributed by atoms with van der Waals surface area (Å²) in [5, 5.41) is 9.10. The first-order chi connectivity index (χ1) is 8.77. The zero-order chi connectivity index (χ0) is 13.5. The Kier molecular flexibility index (Phi) is 13.6. The summed E-state index contributed by atoms with van der Waals surface area (Å²) in [6, 6.07) is 0. The maximum absolute atomic E-state index is 9.10. The summed E-state index contributed by atoms with van der Waals surface area (Å²) in [4.78, 5) is 0. The van der Waals surface area contributed by atoms with Gasteiger partial charge in [-0.25, -0.2) is 0 Å². The van der Waals surface area contributed by atoms with Crippen LogP contribution >= 0.6 is 0 Å². The summed E-state index contributed by atoms with van der Waals surface area (Å²) in [6.07, 6.45) is 22.2. The molecule has 1 atom stereocenters. The van der Waals surface area contributed by atoms with Crippen LogP contribution in [0.1, 0.15) is 65.2 Å². The van der Waals surface area contributed by atoms with Crippen molar-refractivity contribution in [3.8, 4) is 0 Å². The summed E-state index contributed by atoms with van der Waals surface area (Å²) in [6.45, 7) is 4.02. The predicted octanol–water partition coefficient (Wildman–Crippen LogP) is 5.18. The highest BCUT2D eigenvalue weighted by molar-refractivity contribution is 4.96. The van der Waals surface area contributed by atoms with Gasteiger partial charge in [0.1, 0.15) is 0 Å². The average Bonchev–Trinajstić information content (AvgIpc) is 2.34. The average molecular weight is 250 g/mol. The minimum absolute atomic E-state index is 0.132. The molecule has 1 unspecified atom stereocenters. The van der Waals surface area contributed by atoms with Gasteiger partial charge in [-0.1, -0.05) is 56.2 Å². The first kappa shape index (κ1) is 17.2. The van der Waals surface area contributed by atoms with Gasteiger partial charge >= 0.3 is 0 Å². The molecule has 1 heteroatoms. The van der Waals surface area contributed by atoms with Crippen LogP contribution in [0.4, 0.5) is 0 Å². The van der Waals surface area contributed by atoms with Gasteiger partial charge in [0, 0.05) is 0 Å². The highest BCUT2D eigenvalue weighted by Gasteiger charge is 1.93. The fourth-order valence-corrected chi connectivity index (χ4v) is 1.71. The van der Waals surface area contributed by atoms with E-state index in [0.29, 0.717) is 0 Å². The molecule has 0 aromatic heterocycles. The molecule has 0 rings (SSSR count). The van der Waals surface area contributed by atoms with Crippen molar-refractivity contribution in [3.05, 3.63) is 36.5 Å². The van der Waals surface area contributed by atoms with Crippen LogP contribution in [0.5, 0.6) is 0 Å². The number of rotatable bonds is 11. The Morgan fingerprint density at radius 1 is 0.833 bits per heavy atom. The smallest absolute Gasteiger partial charge is 0.0512 e. The predicted molar refractivity (Wildman–Crippen MR) is 81.7 cm³/mol. The Morgan fingerprint density at radius 3 is 2.06 bits per heavy atom. The minimum Gasteiger partial charge on any atom is -0.393 e. The van der Waals surface area contributed by atoms with Crippen LogP contribution in [0.15, 0.2) is 36.5 Å². The lowest BCUT2D eigenvalue weighted by Crippen LogP contribution is -1.97. The molecule has 0 aliphatic rings. The number of hydrogen-bond acceptors (Lipinski definition) is 1. The Labute approximate surface area is 113 Å². The normalized spacial score (nSPS) is 14.2. The number of allylic oxidation sites excluding steroid dienone is 6. The molecule has 0 aromatic carbocycles. The van der Waals surface area contributed by atoms with Crippen molar-refractivity contribution in [3.63, 3.8) is 0 Å². The molecule has 0 aliphatic carbocycles. The maximum atomic E-state index is 9.10. The lowest BCUT2D eigenvalue weighted by molar-refractivity contribution is 0.180. The molecule has 0 saturated carbocycles. The summed E-state index contributed by atoms with van der Waals surface area (Å²) < 4.78 is 0. The third kappa shape index (κ3) is 15.2. The monoisotopic (exact) mass is 250 g/mol. The molecule has 0 radical (unpaired) electrons. The zero-order valence-corrected chi connectivity index (χ0v) is 12.1. The standard InChI is InChI=1S/C17H30O/c1-3-4-5-6-7-8-9-10-11-12-13-14-15-16-17(2)18/h4-5,7-8,10-11,17-18H,3,6,9,12-16H2,1-2H3/b5-4-,8-7-,11-10-. The van der Waals surface area contributed by atoms with Gasteiger partial charge in [0.15, 0.2) is 0 Å². The van der Waals surface area contributed by atoms with E-state index >= 15 is 0 Å². The molecule has 18 heavy (non-hydrogen) atoms. The fraction of sp³-hybridized carbons (Fsp3) is 0.647. The largest absolute Gasteiger partial charge is 0.393 e. The Balaban J connectivity index is 3.25. The highest BCUT2D eigenvalue weighted by atomic mass is 16.3. The van der Waals surface area contributed by atoms with E-state index in [1.807, 2.05) is 6.92 Å². The van der Waals surface area contributed by atoms with E-state index in [1.165, 1.54) is 19.3 Å². The van der Waals surface area contributed by atoms with Gasteiger partial charge in [-0.2, -0.15) is 0 Å². The van der Waals surface area contributed by atoms with Crippen molar-refractivity contribution >= 4 is 0 Å². The fourth-order valence-electron chi connectivity index (χ4n) is 1.71. The molecule has 0 fully saturated rings. The van der Waals surface area contributed by atoms with Crippen LogP contribution in [-0.2, 0) is 0 Å². The molecule has 0 amide bonds. The van der Waals surface area contributed by atoms with Gasteiger partial charge in [-0.3, -0.25) is 0 Å². The quantitative estimate of drug-likeness (QED) is 0.396. The zero-order valence-electron chi connectivity index (χ0n) is 12.1. The topological polar surface area (TPSA) is 20.2 Å². The van der Waals surface area contributed by atoms with Crippen molar-refractivity contribution in [1.82, 2.24) is 0 Å². The van der Waals surface area contributed by atoms with E-state index in [1.54, 1.807) is 0 Å². The molecular weight excluding hydrogens is 220 g/mol. The van der Waals surface area contributed by atoms with Gasteiger partial charge < -0.3 is 5.11 Å². The van der Waals surface area contributed by atoms with Crippen LogP contribution in [0, 0.1) is 0 Å². The van der Waals surface area contributed by atoms with Crippen LogP contribution in [-0.4, -0.2) is 11.2 Å². The lowest BCUT2D eigenvalue weighted by atomic mass is 10.1. The van der Waals surface area contributed by atoms with E-state index in [2.05, 4.69) is 43.4 Å².